The monoisotopic (exact) mass is 401 g/mol. The van der Waals surface area contributed by atoms with Crippen molar-refractivity contribution in [2.24, 2.45) is 11.7 Å². The SMILES string of the molecule is CC(C)C[C@H](N)C(=O)NC1CCCN(S(=O)(=O)c2cccc(F)c2)CC1O. The number of nitrogens with zero attached hydrogens (tertiary/aromatic N) is 1. The van der Waals surface area contributed by atoms with Gasteiger partial charge in [-0.05, 0) is 43.4 Å². The van der Waals surface area contributed by atoms with Crippen molar-refractivity contribution in [1.29, 1.82) is 0 Å². The summed E-state index contributed by atoms with van der Waals surface area (Å²) in [5, 5.41) is 13.2. The van der Waals surface area contributed by atoms with E-state index in [-0.39, 0.29) is 29.8 Å². The van der Waals surface area contributed by atoms with Gasteiger partial charge in [-0.25, -0.2) is 12.8 Å². The summed E-state index contributed by atoms with van der Waals surface area (Å²) in [5.41, 5.74) is 5.87. The molecule has 1 aromatic carbocycles. The van der Waals surface area contributed by atoms with Crippen LogP contribution >= 0.6 is 0 Å². The maximum atomic E-state index is 13.4. The first-order valence-corrected chi connectivity index (χ1v) is 10.5. The molecule has 1 heterocycles. The van der Waals surface area contributed by atoms with Crippen LogP contribution in [0, 0.1) is 11.7 Å². The number of sulfonamides is 1. The van der Waals surface area contributed by atoms with Crippen LogP contribution in [0.3, 0.4) is 0 Å². The number of carbonyl (C=O) groups is 1. The van der Waals surface area contributed by atoms with E-state index in [1.54, 1.807) is 0 Å². The molecule has 1 aliphatic rings. The summed E-state index contributed by atoms with van der Waals surface area (Å²) in [4.78, 5) is 12.1. The van der Waals surface area contributed by atoms with Gasteiger partial charge in [0.25, 0.3) is 0 Å². The number of carbonyl (C=O) groups excluding carboxylic acids is 1. The van der Waals surface area contributed by atoms with Crippen molar-refractivity contribution < 1.29 is 22.7 Å². The minimum Gasteiger partial charge on any atom is -0.390 e. The Kier molecular flexibility index (Phi) is 7.32. The third-order valence-corrected chi connectivity index (χ3v) is 6.46. The second kappa shape index (κ2) is 9.09. The van der Waals surface area contributed by atoms with Gasteiger partial charge in [-0.1, -0.05) is 19.9 Å². The molecule has 0 aromatic heterocycles. The van der Waals surface area contributed by atoms with Crippen LogP contribution in [0.4, 0.5) is 4.39 Å². The number of nitrogens with two attached hydrogens (primary N) is 1. The molecule has 1 saturated heterocycles. The van der Waals surface area contributed by atoms with E-state index in [1.165, 1.54) is 18.2 Å². The van der Waals surface area contributed by atoms with E-state index in [4.69, 9.17) is 5.73 Å². The number of hydrogen-bond acceptors (Lipinski definition) is 5. The van der Waals surface area contributed by atoms with Gasteiger partial charge >= 0.3 is 0 Å². The summed E-state index contributed by atoms with van der Waals surface area (Å²) in [6.07, 6.45) is 0.326. The van der Waals surface area contributed by atoms with Crippen molar-refractivity contribution in [2.75, 3.05) is 13.1 Å². The zero-order chi connectivity index (χ0) is 20.2. The van der Waals surface area contributed by atoms with Gasteiger partial charge in [0.05, 0.1) is 23.1 Å². The normalized spacial score (nSPS) is 23.0. The van der Waals surface area contributed by atoms with Crippen molar-refractivity contribution in [3.05, 3.63) is 30.1 Å². The van der Waals surface area contributed by atoms with Crippen LogP contribution in [0.25, 0.3) is 0 Å². The molecule has 1 aliphatic heterocycles. The maximum Gasteiger partial charge on any atom is 0.243 e. The average molecular weight is 402 g/mol. The third-order valence-electron chi connectivity index (χ3n) is 4.60. The highest BCUT2D eigenvalue weighted by Gasteiger charge is 2.34. The fourth-order valence-corrected chi connectivity index (χ4v) is 4.70. The third kappa shape index (κ3) is 5.71. The highest BCUT2D eigenvalue weighted by molar-refractivity contribution is 7.89. The van der Waals surface area contributed by atoms with Crippen LogP contribution in [0.2, 0.25) is 0 Å². The van der Waals surface area contributed by atoms with Crippen LogP contribution in [-0.2, 0) is 14.8 Å². The number of benzene rings is 1. The van der Waals surface area contributed by atoms with E-state index in [9.17, 15) is 22.7 Å². The molecule has 2 rings (SSSR count). The summed E-state index contributed by atoms with van der Waals surface area (Å²) >= 11 is 0. The number of aliphatic hydroxyl groups excluding tert-OH is 1. The van der Waals surface area contributed by atoms with Crippen LogP contribution in [-0.4, -0.2) is 55.0 Å². The molecule has 2 unspecified atom stereocenters. The molecule has 0 radical (unpaired) electrons. The van der Waals surface area contributed by atoms with E-state index >= 15 is 0 Å². The number of nitrogens with one attached hydrogen (secondary N) is 1. The lowest BCUT2D eigenvalue weighted by atomic mass is 10.0. The summed E-state index contributed by atoms with van der Waals surface area (Å²) in [6, 6.07) is 3.52. The van der Waals surface area contributed by atoms with Crippen molar-refractivity contribution in [3.8, 4) is 0 Å². The lowest BCUT2D eigenvalue weighted by molar-refractivity contribution is -0.124. The van der Waals surface area contributed by atoms with Gasteiger partial charge in [0.1, 0.15) is 5.82 Å². The Morgan fingerprint density at radius 1 is 1.44 bits per heavy atom. The van der Waals surface area contributed by atoms with Gasteiger partial charge in [0.2, 0.25) is 15.9 Å². The number of aliphatic hydroxyl groups is 1. The topological polar surface area (TPSA) is 113 Å². The van der Waals surface area contributed by atoms with Gasteiger partial charge in [0.15, 0.2) is 0 Å². The van der Waals surface area contributed by atoms with Gasteiger partial charge in [-0.3, -0.25) is 4.79 Å². The standard InChI is InChI=1S/C18H28FN3O4S/c1-12(2)9-15(20)18(24)21-16-7-4-8-22(11-17(16)23)27(25,26)14-6-3-5-13(19)10-14/h3,5-6,10,12,15-17,23H,4,7-9,11,20H2,1-2H3,(H,21,24)/t15-,16?,17?/m0/s1. The van der Waals surface area contributed by atoms with Crippen LogP contribution in [0.5, 0.6) is 0 Å². The van der Waals surface area contributed by atoms with Gasteiger partial charge in [0, 0.05) is 13.1 Å². The summed E-state index contributed by atoms with van der Waals surface area (Å²) in [7, 11) is -3.93. The van der Waals surface area contributed by atoms with Crippen molar-refractivity contribution in [2.45, 2.75) is 56.2 Å². The highest BCUT2D eigenvalue weighted by atomic mass is 32.2. The number of hydrogen-bond donors (Lipinski definition) is 3. The van der Waals surface area contributed by atoms with Gasteiger partial charge in [-0.15, -0.1) is 0 Å². The Morgan fingerprint density at radius 2 is 2.15 bits per heavy atom. The zero-order valence-electron chi connectivity index (χ0n) is 15.6. The Hall–Kier alpha value is -1.55. The Balaban J connectivity index is 2.07. The molecule has 152 valence electrons. The number of halogens is 1. The average Bonchev–Trinajstić information content (AvgIpc) is 2.76. The largest absolute Gasteiger partial charge is 0.390 e. The molecule has 0 bridgehead atoms. The molecule has 27 heavy (non-hydrogen) atoms. The van der Waals surface area contributed by atoms with Crippen molar-refractivity contribution in [1.82, 2.24) is 9.62 Å². The fraction of sp³-hybridized carbons (Fsp3) is 0.611. The number of amides is 1. The quantitative estimate of drug-likeness (QED) is 0.654. The van der Waals surface area contributed by atoms with Crippen molar-refractivity contribution >= 4 is 15.9 Å². The molecule has 1 aromatic rings. The molecular weight excluding hydrogens is 373 g/mol. The minimum atomic E-state index is -3.93. The number of β-amino-alcohol motifs (C(OH)–C–C–N with tert-alkyl or cyclic N) is 1. The molecule has 0 aliphatic carbocycles. The smallest absolute Gasteiger partial charge is 0.243 e. The minimum absolute atomic E-state index is 0.156. The fourth-order valence-electron chi connectivity index (χ4n) is 3.17. The maximum absolute atomic E-state index is 13.4. The predicted molar refractivity (Wildman–Crippen MR) is 99.8 cm³/mol. The molecule has 1 fully saturated rings. The van der Waals surface area contributed by atoms with Crippen LogP contribution < -0.4 is 11.1 Å². The van der Waals surface area contributed by atoms with Crippen LogP contribution in [0.15, 0.2) is 29.2 Å². The molecular formula is C18H28FN3O4S. The lowest BCUT2D eigenvalue weighted by Gasteiger charge is -2.26. The summed E-state index contributed by atoms with van der Waals surface area (Å²) in [5.74, 6) is -0.735. The molecule has 1 amide bonds. The summed E-state index contributed by atoms with van der Waals surface area (Å²) in [6.45, 7) is 3.93. The highest BCUT2D eigenvalue weighted by Crippen LogP contribution is 2.21. The van der Waals surface area contributed by atoms with E-state index in [0.29, 0.717) is 19.3 Å². The molecule has 4 N–H and O–H groups in total. The Morgan fingerprint density at radius 3 is 2.78 bits per heavy atom. The Bertz CT molecular complexity index is 757. The van der Waals surface area contributed by atoms with E-state index in [1.807, 2.05) is 13.8 Å². The second-order valence-electron chi connectivity index (χ2n) is 7.38. The number of rotatable bonds is 6. The van der Waals surface area contributed by atoms with Crippen molar-refractivity contribution in [3.63, 3.8) is 0 Å². The van der Waals surface area contributed by atoms with E-state index in [0.717, 1.165) is 10.4 Å². The van der Waals surface area contributed by atoms with E-state index < -0.39 is 34.0 Å². The first-order valence-electron chi connectivity index (χ1n) is 9.11. The molecule has 3 atom stereocenters. The molecule has 0 saturated carbocycles. The predicted octanol–water partition coefficient (Wildman–Crippen LogP) is 0.829. The van der Waals surface area contributed by atoms with E-state index in [2.05, 4.69) is 5.32 Å². The first kappa shape index (κ1) is 21.7. The molecule has 0 spiro atoms. The Labute approximate surface area is 159 Å². The molecule has 9 heteroatoms. The first-order chi connectivity index (χ1) is 12.6. The second-order valence-corrected chi connectivity index (χ2v) is 9.32. The lowest BCUT2D eigenvalue weighted by Crippen LogP contribution is -2.51. The van der Waals surface area contributed by atoms with Gasteiger partial charge in [-0.2, -0.15) is 4.31 Å². The summed E-state index contributed by atoms with van der Waals surface area (Å²) < 4.78 is 40.0. The zero-order valence-corrected chi connectivity index (χ0v) is 16.5. The molecule has 7 nitrogen and oxygen atoms in total. The van der Waals surface area contributed by atoms with Crippen LogP contribution in [0.1, 0.15) is 33.1 Å². The van der Waals surface area contributed by atoms with Gasteiger partial charge < -0.3 is 16.2 Å².